The molecule has 0 aliphatic heterocycles. The molecule has 4 atom stereocenters. The number of halogens is 4. The molecule has 0 aromatic heterocycles. The molecule has 0 N–H and O–H groups in total. The summed E-state index contributed by atoms with van der Waals surface area (Å²) in [5.41, 5.74) is 2.17. The van der Waals surface area contributed by atoms with Gasteiger partial charge in [0.2, 0.25) is 0 Å². The summed E-state index contributed by atoms with van der Waals surface area (Å²) in [6, 6.07) is 11.6. The zero-order valence-electron chi connectivity index (χ0n) is 18.6. The van der Waals surface area contributed by atoms with Crippen molar-refractivity contribution in [3.8, 4) is 16.9 Å². The van der Waals surface area contributed by atoms with Gasteiger partial charge in [-0.25, -0.2) is 4.39 Å². The molecule has 2 fully saturated rings. The normalized spacial score (nSPS) is 25.9. The number of alkyl halides is 3. The van der Waals surface area contributed by atoms with Gasteiger partial charge >= 0.3 is 6.18 Å². The Labute approximate surface area is 188 Å². The lowest BCUT2D eigenvalue weighted by Gasteiger charge is -2.42. The second-order valence-electron chi connectivity index (χ2n) is 9.67. The Balaban J connectivity index is 1.40. The molecule has 174 valence electrons. The van der Waals surface area contributed by atoms with E-state index in [4.69, 9.17) is 4.74 Å². The molecule has 0 bridgehead atoms. The molecule has 2 saturated carbocycles. The third-order valence-corrected chi connectivity index (χ3v) is 7.45. The lowest BCUT2D eigenvalue weighted by atomic mass is 9.63. The SMILES string of the molecule is CCCC1CCC2CC(c3ccc(-c4ccc(OCC(F)(F)F)cc4)c(F)c3)CCC2C1. The maximum atomic E-state index is 15.0. The highest BCUT2D eigenvalue weighted by atomic mass is 19.4. The molecule has 0 spiro atoms. The van der Waals surface area contributed by atoms with Crippen LogP contribution in [0.4, 0.5) is 17.6 Å². The predicted molar refractivity (Wildman–Crippen MR) is 119 cm³/mol. The fraction of sp³-hybridized carbons (Fsp3) is 0.556. The van der Waals surface area contributed by atoms with Gasteiger partial charge in [0.05, 0.1) is 0 Å². The van der Waals surface area contributed by atoms with Crippen molar-refractivity contribution in [2.75, 3.05) is 6.61 Å². The number of rotatable bonds is 6. The zero-order valence-corrected chi connectivity index (χ0v) is 18.6. The Kier molecular flexibility index (Phi) is 7.11. The van der Waals surface area contributed by atoms with Crippen molar-refractivity contribution in [1.82, 2.24) is 0 Å². The van der Waals surface area contributed by atoms with Gasteiger partial charge in [-0.1, -0.05) is 50.5 Å². The van der Waals surface area contributed by atoms with Gasteiger partial charge < -0.3 is 4.74 Å². The van der Waals surface area contributed by atoms with Crippen molar-refractivity contribution in [3.63, 3.8) is 0 Å². The monoisotopic (exact) mass is 448 g/mol. The van der Waals surface area contributed by atoms with Gasteiger partial charge in [-0.3, -0.25) is 0 Å². The molecule has 32 heavy (non-hydrogen) atoms. The van der Waals surface area contributed by atoms with Gasteiger partial charge in [0, 0.05) is 5.56 Å². The molecule has 2 aromatic rings. The van der Waals surface area contributed by atoms with E-state index in [0.29, 0.717) is 17.0 Å². The summed E-state index contributed by atoms with van der Waals surface area (Å²) in [4.78, 5) is 0. The van der Waals surface area contributed by atoms with Crippen molar-refractivity contribution in [1.29, 1.82) is 0 Å². The van der Waals surface area contributed by atoms with E-state index >= 15 is 0 Å². The van der Waals surface area contributed by atoms with E-state index in [9.17, 15) is 17.6 Å². The van der Waals surface area contributed by atoms with E-state index in [0.717, 1.165) is 36.2 Å². The molecule has 0 radical (unpaired) electrons. The van der Waals surface area contributed by atoms with E-state index < -0.39 is 12.8 Å². The minimum Gasteiger partial charge on any atom is -0.484 e. The van der Waals surface area contributed by atoms with Crippen LogP contribution in [-0.2, 0) is 0 Å². The first-order valence-corrected chi connectivity index (χ1v) is 11.9. The molecule has 2 aromatic carbocycles. The molecular formula is C27H32F4O. The zero-order chi connectivity index (χ0) is 22.7. The lowest BCUT2D eigenvalue weighted by molar-refractivity contribution is -0.153. The minimum atomic E-state index is -4.38. The van der Waals surface area contributed by atoms with Gasteiger partial charge in [-0.05, 0) is 85.1 Å². The largest absolute Gasteiger partial charge is 0.484 e. The highest BCUT2D eigenvalue weighted by Crippen LogP contribution is 2.48. The summed E-state index contributed by atoms with van der Waals surface area (Å²) >= 11 is 0. The Bertz CT molecular complexity index is 890. The summed E-state index contributed by atoms with van der Waals surface area (Å²) < 4.78 is 56.6. The van der Waals surface area contributed by atoms with Gasteiger partial charge in [-0.15, -0.1) is 0 Å². The fourth-order valence-corrected chi connectivity index (χ4v) is 5.87. The first kappa shape index (κ1) is 23.1. The van der Waals surface area contributed by atoms with Crippen molar-refractivity contribution in [2.24, 2.45) is 17.8 Å². The van der Waals surface area contributed by atoms with Gasteiger partial charge in [0.15, 0.2) is 6.61 Å². The van der Waals surface area contributed by atoms with Crippen LogP contribution in [0.25, 0.3) is 11.1 Å². The first-order chi connectivity index (χ1) is 15.3. The lowest BCUT2D eigenvalue weighted by Crippen LogP contribution is -2.30. The van der Waals surface area contributed by atoms with Crippen LogP contribution in [0.15, 0.2) is 42.5 Å². The van der Waals surface area contributed by atoms with Crippen LogP contribution >= 0.6 is 0 Å². The third-order valence-electron chi connectivity index (χ3n) is 7.45. The van der Waals surface area contributed by atoms with Crippen molar-refractivity contribution in [3.05, 3.63) is 53.8 Å². The van der Waals surface area contributed by atoms with E-state index in [-0.39, 0.29) is 11.6 Å². The molecule has 0 heterocycles. The second kappa shape index (κ2) is 9.84. The molecule has 5 heteroatoms. The quantitative estimate of drug-likeness (QED) is 0.402. The van der Waals surface area contributed by atoms with Crippen LogP contribution in [0, 0.1) is 23.6 Å². The van der Waals surface area contributed by atoms with Crippen LogP contribution < -0.4 is 4.74 Å². The van der Waals surface area contributed by atoms with E-state index in [1.54, 1.807) is 24.3 Å². The van der Waals surface area contributed by atoms with Gasteiger partial charge in [0.1, 0.15) is 11.6 Å². The van der Waals surface area contributed by atoms with Crippen LogP contribution in [-0.4, -0.2) is 12.8 Å². The van der Waals surface area contributed by atoms with Crippen LogP contribution in [0.1, 0.15) is 69.8 Å². The Morgan fingerprint density at radius 1 is 0.906 bits per heavy atom. The number of ether oxygens (including phenoxy) is 1. The van der Waals surface area contributed by atoms with Crippen LogP contribution in [0.2, 0.25) is 0 Å². The smallest absolute Gasteiger partial charge is 0.422 e. The fourth-order valence-electron chi connectivity index (χ4n) is 5.87. The summed E-state index contributed by atoms with van der Waals surface area (Å²) in [6.07, 6.45) is 5.83. The van der Waals surface area contributed by atoms with Crippen molar-refractivity contribution in [2.45, 2.75) is 70.4 Å². The first-order valence-electron chi connectivity index (χ1n) is 11.9. The number of hydrogen-bond donors (Lipinski definition) is 0. The second-order valence-corrected chi connectivity index (χ2v) is 9.67. The minimum absolute atomic E-state index is 0.119. The van der Waals surface area contributed by atoms with E-state index in [1.165, 1.54) is 50.7 Å². The topological polar surface area (TPSA) is 9.23 Å². The van der Waals surface area contributed by atoms with E-state index in [2.05, 4.69) is 6.92 Å². The average Bonchev–Trinajstić information content (AvgIpc) is 2.77. The van der Waals surface area contributed by atoms with Gasteiger partial charge in [0.25, 0.3) is 0 Å². The van der Waals surface area contributed by atoms with E-state index in [1.807, 2.05) is 6.07 Å². The number of benzene rings is 2. The molecule has 2 aliphatic rings. The Morgan fingerprint density at radius 2 is 1.62 bits per heavy atom. The molecule has 0 amide bonds. The summed E-state index contributed by atoms with van der Waals surface area (Å²) in [7, 11) is 0. The van der Waals surface area contributed by atoms with Gasteiger partial charge in [-0.2, -0.15) is 13.2 Å². The van der Waals surface area contributed by atoms with Crippen molar-refractivity contribution < 1.29 is 22.3 Å². The highest BCUT2D eigenvalue weighted by Gasteiger charge is 2.35. The average molecular weight is 449 g/mol. The van der Waals surface area contributed by atoms with Crippen molar-refractivity contribution >= 4 is 0 Å². The summed E-state index contributed by atoms with van der Waals surface area (Å²) in [5.74, 6) is 2.78. The standard InChI is InChI=1S/C27H32F4O/c1-2-3-18-4-5-21-15-22(7-6-20(21)14-18)23-10-13-25(26(28)16-23)19-8-11-24(12-9-19)32-17-27(29,30)31/h8-13,16,18,20-22H,2-7,14-15,17H2,1H3. The maximum absolute atomic E-state index is 15.0. The molecular weight excluding hydrogens is 416 g/mol. The molecule has 1 nitrogen and oxygen atoms in total. The summed E-state index contributed by atoms with van der Waals surface area (Å²) in [5, 5.41) is 0. The molecule has 2 aliphatic carbocycles. The van der Waals surface area contributed by atoms with Crippen LogP contribution in [0.3, 0.4) is 0 Å². The maximum Gasteiger partial charge on any atom is 0.422 e. The Morgan fingerprint density at radius 3 is 2.31 bits per heavy atom. The number of hydrogen-bond acceptors (Lipinski definition) is 1. The molecule has 0 saturated heterocycles. The molecule has 4 rings (SSSR count). The Hall–Kier alpha value is -2.04. The molecule has 4 unspecified atom stereocenters. The highest BCUT2D eigenvalue weighted by molar-refractivity contribution is 5.65. The van der Waals surface area contributed by atoms with Crippen LogP contribution in [0.5, 0.6) is 5.75 Å². The predicted octanol–water partition coefficient (Wildman–Crippen LogP) is 8.53. The summed E-state index contributed by atoms with van der Waals surface area (Å²) in [6.45, 7) is 0.940. The number of fused-ring (bicyclic) bond motifs is 1. The third kappa shape index (κ3) is 5.65.